The van der Waals surface area contributed by atoms with E-state index in [1.165, 1.54) is 24.5 Å². The first kappa shape index (κ1) is 17.2. The SMILES string of the molecule is CNc1nc(-c2cnccn2)nc2ccc(-c3ccc(F)cc3Cl)c(F)c12. The molecule has 0 unspecified atom stereocenters. The zero-order valence-corrected chi connectivity index (χ0v) is 14.8. The summed E-state index contributed by atoms with van der Waals surface area (Å²) in [4.78, 5) is 16.9. The number of anilines is 1. The van der Waals surface area contributed by atoms with Crippen LogP contribution in [0.5, 0.6) is 0 Å². The molecule has 4 aromatic rings. The molecule has 0 radical (unpaired) electrons. The average molecular weight is 384 g/mol. The maximum absolute atomic E-state index is 15.3. The van der Waals surface area contributed by atoms with Gasteiger partial charge in [-0.05, 0) is 30.3 Å². The second kappa shape index (κ2) is 6.85. The van der Waals surface area contributed by atoms with Crippen molar-refractivity contribution in [2.75, 3.05) is 12.4 Å². The van der Waals surface area contributed by atoms with E-state index in [1.54, 1.807) is 25.4 Å². The Bertz CT molecular complexity index is 1150. The number of hydrogen-bond acceptors (Lipinski definition) is 5. The number of rotatable bonds is 3. The summed E-state index contributed by atoms with van der Waals surface area (Å²) in [5, 5.41) is 3.22. The molecule has 0 aliphatic rings. The molecule has 0 amide bonds. The van der Waals surface area contributed by atoms with Crippen molar-refractivity contribution in [3.63, 3.8) is 0 Å². The predicted molar refractivity (Wildman–Crippen MR) is 100 cm³/mol. The molecule has 0 bridgehead atoms. The van der Waals surface area contributed by atoms with Gasteiger partial charge >= 0.3 is 0 Å². The van der Waals surface area contributed by atoms with Gasteiger partial charge in [-0.1, -0.05) is 11.6 Å². The van der Waals surface area contributed by atoms with Gasteiger partial charge in [0, 0.05) is 30.6 Å². The first-order valence-electron chi connectivity index (χ1n) is 7.98. The summed E-state index contributed by atoms with van der Waals surface area (Å²) < 4.78 is 28.6. The molecule has 2 heterocycles. The molecule has 0 saturated heterocycles. The van der Waals surface area contributed by atoms with E-state index in [2.05, 4.69) is 25.3 Å². The third-order valence-electron chi connectivity index (χ3n) is 4.05. The minimum atomic E-state index is -0.545. The summed E-state index contributed by atoms with van der Waals surface area (Å²) in [6.45, 7) is 0. The lowest BCUT2D eigenvalue weighted by atomic mass is 10.0. The molecule has 2 aromatic carbocycles. The van der Waals surface area contributed by atoms with Gasteiger partial charge in [-0.2, -0.15) is 0 Å². The number of nitrogens with zero attached hydrogens (tertiary/aromatic N) is 4. The number of halogens is 3. The summed E-state index contributed by atoms with van der Waals surface area (Å²) in [6.07, 6.45) is 4.60. The third-order valence-corrected chi connectivity index (χ3v) is 4.36. The van der Waals surface area contributed by atoms with Crippen molar-refractivity contribution < 1.29 is 8.78 Å². The number of benzene rings is 2. The predicted octanol–water partition coefficient (Wildman–Crippen LogP) is 4.73. The minimum absolute atomic E-state index is 0.122. The molecule has 2 aromatic heterocycles. The van der Waals surface area contributed by atoms with E-state index < -0.39 is 11.6 Å². The first-order chi connectivity index (χ1) is 13.1. The molecule has 0 aliphatic carbocycles. The highest BCUT2D eigenvalue weighted by Crippen LogP contribution is 2.36. The van der Waals surface area contributed by atoms with E-state index in [9.17, 15) is 4.39 Å². The van der Waals surface area contributed by atoms with Crippen molar-refractivity contribution in [2.24, 2.45) is 0 Å². The molecule has 0 atom stereocenters. The van der Waals surface area contributed by atoms with Crippen LogP contribution in [-0.2, 0) is 0 Å². The van der Waals surface area contributed by atoms with E-state index in [4.69, 9.17) is 11.6 Å². The van der Waals surface area contributed by atoms with Crippen LogP contribution in [0.4, 0.5) is 14.6 Å². The van der Waals surface area contributed by atoms with Gasteiger partial charge < -0.3 is 5.32 Å². The van der Waals surface area contributed by atoms with Crippen LogP contribution in [0.2, 0.25) is 5.02 Å². The topological polar surface area (TPSA) is 63.6 Å². The quantitative estimate of drug-likeness (QED) is 0.554. The summed E-state index contributed by atoms with van der Waals surface area (Å²) >= 11 is 6.10. The minimum Gasteiger partial charge on any atom is -0.372 e. The third kappa shape index (κ3) is 3.06. The highest BCUT2D eigenvalue weighted by atomic mass is 35.5. The van der Waals surface area contributed by atoms with Gasteiger partial charge in [0.05, 0.1) is 22.1 Å². The normalized spacial score (nSPS) is 11.0. The Morgan fingerprint density at radius 1 is 1.00 bits per heavy atom. The fourth-order valence-corrected chi connectivity index (χ4v) is 3.08. The summed E-state index contributed by atoms with van der Waals surface area (Å²) in [5.41, 5.74) is 1.49. The molecular weight excluding hydrogens is 372 g/mol. The van der Waals surface area contributed by atoms with Crippen molar-refractivity contribution in [3.05, 3.63) is 65.6 Å². The Labute approximate surface area is 158 Å². The number of hydrogen-bond donors (Lipinski definition) is 1. The maximum atomic E-state index is 15.3. The lowest BCUT2D eigenvalue weighted by Crippen LogP contribution is -2.02. The van der Waals surface area contributed by atoms with Crippen LogP contribution in [0.1, 0.15) is 0 Å². The Kier molecular flexibility index (Phi) is 4.37. The van der Waals surface area contributed by atoms with Crippen molar-refractivity contribution in [1.82, 2.24) is 19.9 Å². The van der Waals surface area contributed by atoms with E-state index in [1.807, 2.05) is 0 Å². The molecule has 0 saturated carbocycles. The van der Waals surface area contributed by atoms with Gasteiger partial charge in [-0.3, -0.25) is 4.98 Å². The van der Waals surface area contributed by atoms with Crippen molar-refractivity contribution in [1.29, 1.82) is 0 Å². The standard InChI is InChI=1S/C19H12ClF2N5/c1-23-19-16-14(26-18(27-19)15-9-24-6-7-25-15)5-4-12(17(16)22)11-3-2-10(21)8-13(11)20/h2-9H,1H3,(H,23,26,27). The van der Waals surface area contributed by atoms with Gasteiger partial charge in [0.1, 0.15) is 23.1 Å². The molecule has 27 heavy (non-hydrogen) atoms. The largest absolute Gasteiger partial charge is 0.372 e. The molecule has 8 heteroatoms. The Balaban J connectivity index is 1.95. The van der Waals surface area contributed by atoms with Crippen LogP contribution in [0.15, 0.2) is 48.9 Å². The average Bonchev–Trinajstić information content (AvgIpc) is 2.69. The monoisotopic (exact) mass is 383 g/mol. The summed E-state index contributed by atoms with van der Waals surface area (Å²) in [6, 6.07) is 7.04. The zero-order chi connectivity index (χ0) is 19.0. The van der Waals surface area contributed by atoms with Gasteiger partial charge in [-0.15, -0.1) is 0 Å². The van der Waals surface area contributed by atoms with Crippen LogP contribution in [0.25, 0.3) is 33.5 Å². The van der Waals surface area contributed by atoms with Gasteiger partial charge in [-0.25, -0.2) is 23.7 Å². The van der Waals surface area contributed by atoms with Crippen LogP contribution in [0.3, 0.4) is 0 Å². The molecule has 4 rings (SSSR count). The van der Waals surface area contributed by atoms with Crippen LogP contribution in [-0.4, -0.2) is 27.0 Å². The first-order valence-corrected chi connectivity index (χ1v) is 8.36. The molecule has 1 N–H and O–H groups in total. The second-order valence-corrected chi connectivity index (χ2v) is 6.09. The van der Waals surface area contributed by atoms with Crippen molar-refractivity contribution >= 4 is 28.3 Å². The number of aromatic nitrogens is 4. The van der Waals surface area contributed by atoms with Crippen LogP contribution in [0, 0.1) is 11.6 Å². The Hall–Kier alpha value is -3.19. The molecule has 0 aliphatic heterocycles. The smallest absolute Gasteiger partial charge is 0.182 e. The van der Waals surface area contributed by atoms with Gasteiger partial charge in [0.25, 0.3) is 0 Å². The second-order valence-electron chi connectivity index (χ2n) is 5.68. The van der Waals surface area contributed by atoms with Crippen LogP contribution >= 0.6 is 11.6 Å². The Morgan fingerprint density at radius 2 is 1.81 bits per heavy atom. The lowest BCUT2D eigenvalue weighted by molar-refractivity contribution is 0.627. The van der Waals surface area contributed by atoms with E-state index in [0.717, 1.165) is 6.07 Å². The summed E-state index contributed by atoms with van der Waals surface area (Å²) in [5.74, 6) is -0.404. The molecule has 0 fully saturated rings. The highest BCUT2D eigenvalue weighted by molar-refractivity contribution is 6.33. The fraction of sp³-hybridized carbons (Fsp3) is 0.0526. The fourth-order valence-electron chi connectivity index (χ4n) is 2.81. The molecule has 5 nitrogen and oxygen atoms in total. The number of fused-ring (bicyclic) bond motifs is 1. The number of nitrogens with one attached hydrogen (secondary N) is 1. The van der Waals surface area contributed by atoms with Gasteiger partial charge in [0.2, 0.25) is 0 Å². The van der Waals surface area contributed by atoms with E-state index in [-0.39, 0.29) is 16.0 Å². The van der Waals surface area contributed by atoms with E-state index in [0.29, 0.717) is 28.4 Å². The van der Waals surface area contributed by atoms with Crippen molar-refractivity contribution in [3.8, 4) is 22.6 Å². The Morgan fingerprint density at radius 3 is 2.52 bits per heavy atom. The van der Waals surface area contributed by atoms with Gasteiger partial charge in [0.15, 0.2) is 5.82 Å². The lowest BCUT2D eigenvalue weighted by Gasteiger charge is -2.12. The van der Waals surface area contributed by atoms with Crippen molar-refractivity contribution in [2.45, 2.75) is 0 Å². The van der Waals surface area contributed by atoms with E-state index >= 15 is 4.39 Å². The van der Waals surface area contributed by atoms with Crippen LogP contribution < -0.4 is 5.32 Å². The zero-order valence-electron chi connectivity index (χ0n) is 14.0. The molecule has 134 valence electrons. The molecular formula is C19H12ClF2N5. The molecule has 0 spiro atoms. The highest BCUT2D eigenvalue weighted by Gasteiger charge is 2.18. The maximum Gasteiger partial charge on any atom is 0.182 e. The summed E-state index contributed by atoms with van der Waals surface area (Å²) in [7, 11) is 1.64.